The summed E-state index contributed by atoms with van der Waals surface area (Å²) in [4.78, 5) is 13.8. The molecule has 0 aliphatic rings. The fourth-order valence-corrected chi connectivity index (χ4v) is 1.77. The Morgan fingerprint density at radius 2 is 2.07 bits per heavy atom. The molecule has 4 heteroatoms. The van der Waals surface area contributed by atoms with Gasteiger partial charge in [0.1, 0.15) is 0 Å². The molecule has 0 radical (unpaired) electrons. The first kappa shape index (κ1) is 12.4. The molecule has 0 atom stereocenters. The zero-order valence-electron chi connectivity index (χ0n) is 8.96. The van der Waals surface area contributed by atoms with Gasteiger partial charge in [-0.2, -0.15) is 0 Å². The highest BCUT2D eigenvalue weighted by atomic mass is 127. The van der Waals surface area contributed by atoms with E-state index in [0.29, 0.717) is 6.54 Å². The van der Waals surface area contributed by atoms with Crippen molar-refractivity contribution in [1.82, 2.24) is 10.2 Å². The molecular weight excluding hydrogens is 303 g/mol. The molecule has 3 nitrogen and oxygen atoms in total. The normalized spacial score (nSPS) is 10.4. The molecule has 15 heavy (non-hydrogen) atoms. The maximum Gasteiger partial charge on any atom is 0.252 e. The Morgan fingerprint density at radius 3 is 2.67 bits per heavy atom. The van der Waals surface area contributed by atoms with Gasteiger partial charge in [-0.05, 0) is 48.8 Å². The second kappa shape index (κ2) is 6.07. The van der Waals surface area contributed by atoms with Crippen LogP contribution in [0.1, 0.15) is 10.4 Å². The number of carbonyl (C=O) groups is 1. The van der Waals surface area contributed by atoms with Gasteiger partial charge in [-0.15, -0.1) is 0 Å². The van der Waals surface area contributed by atoms with Gasteiger partial charge >= 0.3 is 0 Å². The average Bonchev–Trinajstić information content (AvgIpc) is 2.17. The van der Waals surface area contributed by atoms with Crippen molar-refractivity contribution >= 4 is 28.5 Å². The van der Waals surface area contributed by atoms with Crippen molar-refractivity contribution in [3.63, 3.8) is 0 Å². The quantitative estimate of drug-likeness (QED) is 0.855. The third-order valence-corrected chi connectivity index (χ3v) is 2.90. The van der Waals surface area contributed by atoms with Gasteiger partial charge < -0.3 is 10.2 Å². The lowest BCUT2D eigenvalue weighted by atomic mass is 10.2. The molecule has 0 aromatic heterocycles. The van der Waals surface area contributed by atoms with Crippen LogP contribution in [0.25, 0.3) is 0 Å². The number of rotatable bonds is 4. The number of carbonyl (C=O) groups excluding carboxylic acids is 1. The van der Waals surface area contributed by atoms with Crippen LogP contribution in [0.15, 0.2) is 24.3 Å². The monoisotopic (exact) mass is 318 g/mol. The Hall–Kier alpha value is -0.620. The zero-order chi connectivity index (χ0) is 11.3. The fraction of sp³-hybridized carbons (Fsp3) is 0.364. The predicted molar refractivity (Wildman–Crippen MR) is 70.0 cm³/mol. The summed E-state index contributed by atoms with van der Waals surface area (Å²) in [7, 11) is 3.97. The van der Waals surface area contributed by atoms with Crippen LogP contribution in [0.3, 0.4) is 0 Å². The second-order valence-corrected chi connectivity index (χ2v) is 4.70. The lowest BCUT2D eigenvalue weighted by Gasteiger charge is -2.10. The summed E-state index contributed by atoms with van der Waals surface area (Å²) in [6.45, 7) is 1.53. The number of nitrogens with one attached hydrogen (secondary N) is 1. The van der Waals surface area contributed by atoms with Crippen molar-refractivity contribution in [2.75, 3.05) is 27.2 Å². The van der Waals surface area contributed by atoms with Gasteiger partial charge in [0.25, 0.3) is 5.91 Å². The summed E-state index contributed by atoms with van der Waals surface area (Å²) in [5.74, 6) is 0.00171. The van der Waals surface area contributed by atoms with Crippen LogP contribution in [0.2, 0.25) is 0 Å². The standard InChI is InChI=1S/C11H15IN2O/c1-14(2)8-7-13-11(15)9-5-3-4-6-10(9)12/h3-6H,7-8H2,1-2H3,(H,13,15). The highest BCUT2D eigenvalue weighted by molar-refractivity contribution is 14.1. The summed E-state index contributed by atoms with van der Waals surface area (Å²) < 4.78 is 0.984. The minimum atomic E-state index is 0.00171. The summed E-state index contributed by atoms with van der Waals surface area (Å²) >= 11 is 2.17. The van der Waals surface area contributed by atoms with E-state index in [9.17, 15) is 4.79 Å². The maximum atomic E-state index is 11.7. The number of hydrogen-bond donors (Lipinski definition) is 1. The van der Waals surface area contributed by atoms with Gasteiger partial charge in [0, 0.05) is 16.7 Å². The molecule has 0 fully saturated rings. The van der Waals surface area contributed by atoms with E-state index >= 15 is 0 Å². The van der Waals surface area contributed by atoms with E-state index < -0.39 is 0 Å². The van der Waals surface area contributed by atoms with Crippen LogP contribution in [0.4, 0.5) is 0 Å². The van der Waals surface area contributed by atoms with E-state index in [1.54, 1.807) is 0 Å². The Balaban J connectivity index is 2.51. The van der Waals surface area contributed by atoms with Gasteiger partial charge in [-0.3, -0.25) is 4.79 Å². The highest BCUT2D eigenvalue weighted by Crippen LogP contribution is 2.10. The topological polar surface area (TPSA) is 32.3 Å². The van der Waals surface area contributed by atoms with Crippen molar-refractivity contribution in [3.8, 4) is 0 Å². The maximum absolute atomic E-state index is 11.7. The first-order valence-corrected chi connectivity index (χ1v) is 5.86. The minimum absolute atomic E-state index is 0.00171. The molecule has 1 N–H and O–H groups in total. The van der Waals surface area contributed by atoms with Crippen molar-refractivity contribution in [2.45, 2.75) is 0 Å². The van der Waals surface area contributed by atoms with E-state index in [1.165, 1.54) is 0 Å². The van der Waals surface area contributed by atoms with Crippen molar-refractivity contribution < 1.29 is 4.79 Å². The third kappa shape index (κ3) is 4.17. The molecule has 0 heterocycles. The van der Waals surface area contributed by atoms with Crippen LogP contribution in [-0.4, -0.2) is 38.0 Å². The number of hydrogen-bond acceptors (Lipinski definition) is 2. The van der Waals surface area contributed by atoms with Crippen LogP contribution in [-0.2, 0) is 0 Å². The first-order valence-electron chi connectivity index (χ1n) is 4.78. The lowest BCUT2D eigenvalue weighted by molar-refractivity contribution is 0.0950. The van der Waals surface area contributed by atoms with Gasteiger partial charge in [0.2, 0.25) is 0 Å². The smallest absolute Gasteiger partial charge is 0.252 e. The van der Waals surface area contributed by atoms with Gasteiger partial charge in [-0.25, -0.2) is 0 Å². The second-order valence-electron chi connectivity index (χ2n) is 3.54. The van der Waals surface area contributed by atoms with E-state index in [-0.39, 0.29) is 5.91 Å². The predicted octanol–water partition coefficient (Wildman–Crippen LogP) is 1.58. The molecule has 82 valence electrons. The van der Waals surface area contributed by atoms with E-state index in [4.69, 9.17) is 0 Å². The summed E-state index contributed by atoms with van der Waals surface area (Å²) in [5, 5.41) is 2.89. The Bertz CT molecular complexity index is 339. The van der Waals surface area contributed by atoms with Gasteiger partial charge in [-0.1, -0.05) is 12.1 Å². The number of likely N-dealkylation sites (N-methyl/N-ethyl adjacent to an activating group) is 1. The fourth-order valence-electron chi connectivity index (χ4n) is 1.13. The first-order chi connectivity index (χ1) is 7.11. The lowest BCUT2D eigenvalue weighted by Crippen LogP contribution is -2.31. The highest BCUT2D eigenvalue weighted by Gasteiger charge is 2.07. The van der Waals surface area contributed by atoms with Gasteiger partial charge in [0.05, 0.1) is 5.56 Å². The Morgan fingerprint density at radius 1 is 1.40 bits per heavy atom. The Labute approximate surface area is 104 Å². The zero-order valence-corrected chi connectivity index (χ0v) is 11.1. The van der Waals surface area contributed by atoms with Crippen LogP contribution < -0.4 is 5.32 Å². The van der Waals surface area contributed by atoms with E-state index in [0.717, 1.165) is 15.7 Å². The van der Waals surface area contributed by atoms with Crippen molar-refractivity contribution in [1.29, 1.82) is 0 Å². The molecule has 0 bridgehead atoms. The largest absolute Gasteiger partial charge is 0.351 e. The number of halogens is 1. The number of benzene rings is 1. The van der Waals surface area contributed by atoms with Crippen LogP contribution >= 0.6 is 22.6 Å². The van der Waals surface area contributed by atoms with Crippen molar-refractivity contribution in [2.24, 2.45) is 0 Å². The SMILES string of the molecule is CN(C)CCNC(=O)c1ccccc1I. The Kier molecular flexibility index (Phi) is 5.04. The third-order valence-electron chi connectivity index (χ3n) is 1.96. The molecule has 0 spiro atoms. The molecular formula is C11H15IN2O. The molecule has 1 amide bonds. The number of nitrogens with zero attached hydrogens (tertiary/aromatic N) is 1. The molecule has 0 saturated heterocycles. The van der Waals surface area contributed by atoms with Crippen molar-refractivity contribution in [3.05, 3.63) is 33.4 Å². The average molecular weight is 318 g/mol. The minimum Gasteiger partial charge on any atom is -0.351 e. The molecule has 1 aromatic carbocycles. The summed E-state index contributed by atoms with van der Waals surface area (Å²) in [6.07, 6.45) is 0. The van der Waals surface area contributed by atoms with Crippen LogP contribution in [0.5, 0.6) is 0 Å². The molecule has 0 saturated carbocycles. The summed E-state index contributed by atoms with van der Waals surface area (Å²) in [6, 6.07) is 7.58. The molecule has 0 aliphatic heterocycles. The van der Waals surface area contributed by atoms with E-state index in [1.807, 2.05) is 43.3 Å². The molecule has 0 aliphatic carbocycles. The molecule has 0 unspecified atom stereocenters. The summed E-state index contributed by atoms with van der Waals surface area (Å²) in [5.41, 5.74) is 0.747. The van der Waals surface area contributed by atoms with E-state index in [2.05, 4.69) is 27.9 Å². The van der Waals surface area contributed by atoms with Gasteiger partial charge in [0.15, 0.2) is 0 Å². The molecule has 1 aromatic rings. The van der Waals surface area contributed by atoms with Crippen LogP contribution in [0, 0.1) is 3.57 Å². The molecule has 1 rings (SSSR count). The number of amides is 1.